The van der Waals surface area contributed by atoms with Crippen LogP contribution in [0.5, 0.6) is 0 Å². The minimum Gasteiger partial charge on any atom is -0.337 e. The predicted molar refractivity (Wildman–Crippen MR) is 59.3 cm³/mol. The van der Waals surface area contributed by atoms with E-state index in [0.717, 1.165) is 0 Å². The third kappa shape index (κ3) is 1.52. The van der Waals surface area contributed by atoms with Gasteiger partial charge in [0.25, 0.3) is 0 Å². The lowest BCUT2D eigenvalue weighted by atomic mass is 10.2. The minimum atomic E-state index is -2.34. The molecule has 0 unspecified atom stereocenters. The maximum Gasteiger partial charge on any atom is 0.231 e. The van der Waals surface area contributed by atoms with Gasteiger partial charge in [-0.2, -0.15) is 0 Å². The van der Waals surface area contributed by atoms with Gasteiger partial charge in [-0.1, -0.05) is 42.5 Å². The molecular weight excluding hydrogens is 196 g/mol. The van der Waals surface area contributed by atoms with Crippen molar-refractivity contribution in [1.82, 2.24) is 0 Å². The lowest BCUT2D eigenvalue weighted by Gasteiger charge is -2.21. The number of allylic oxidation sites excluding steroid dienone is 2. The first-order chi connectivity index (χ1) is 6.72. The molecule has 1 aromatic rings. The lowest BCUT2D eigenvalue weighted by Crippen LogP contribution is -2.05. The van der Waals surface area contributed by atoms with E-state index in [4.69, 9.17) is 0 Å². The fraction of sp³-hybridized carbons (Fsp3) is 0. The van der Waals surface area contributed by atoms with Crippen LogP contribution in [0.3, 0.4) is 0 Å². The number of carbonyl (C=O) groups is 1. The van der Waals surface area contributed by atoms with Crippen LogP contribution in [0.2, 0.25) is 0 Å². The van der Waals surface area contributed by atoms with E-state index in [2.05, 4.69) is 0 Å². The number of benzene rings is 1. The maximum atomic E-state index is 11.9. The molecule has 2 rings (SSSR count). The van der Waals surface area contributed by atoms with Gasteiger partial charge in [-0.05, 0) is 21.1 Å². The van der Waals surface area contributed by atoms with Gasteiger partial charge in [0.05, 0.1) is 0 Å². The Balaban J connectivity index is 2.34. The van der Waals surface area contributed by atoms with Crippen LogP contribution >= 0.6 is 10.3 Å². The molecular formula is C11H10O2S. The zero-order valence-electron chi connectivity index (χ0n) is 7.46. The normalized spacial score (nSPS) is 19.5. The molecule has 0 bridgehead atoms. The third-order valence-electron chi connectivity index (χ3n) is 1.99. The Bertz CT molecular complexity index is 395. The van der Waals surface area contributed by atoms with Crippen LogP contribution in [0.25, 0.3) is 0 Å². The van der Waals surface area contributed by atoms with Crippen molar-refractivity contribution in [2.24, 2.45) is 0 Å². The molecule has 1 N–H and O–H groups in total. The maximum absolute atomic E-state index is 11.9. The molecule has 14 heavy (non-hydrogen) atoms. The van der Waals surface area contributed by atoms with Crippen molar-refractivity contribution in [2.75, 3.05) is 0 Å². The van der Waals surface area contributed by atoms with Crippen molar-refractivity contribution in [1.29, 1.82) is 0 Å². The van der Waals surface area contributed by atoms with Crippen LogP contribution in [-0.2, 0) is 0 Å². The molecule has 0 aromatic heterocycles. The molecule has 0 spiro atoms. The van der Waals surface area contributed by atoms with E-state index in [0.29, 0.717) is 5.56 Å². The Kier molecular flexibility index (Phi) is 2.27. The van der Waals surface area contributed by atoms with E-state index in [1.165, 1.54) is 0 Å². The van der Waals surface area contributed by atoms with E-state index in [9.17, 15) is 9.35 Å². The smallest absolute Gasteiger partial charge is 0.231 e. The molecule has 72 valence electrons. The van der Waals surface area contributed by atoms with Gasteiger partial charge in [-0.25, -0.2) is 0 Å². The second-order valence-corrected chi connectivity index (χ2v) is 5.25. The second-order valence-electron chi connectivity index (χ2n) is 2.98. The molecule has 2 nitrogen and oxygen atoms in total. The largest absolute Gasteiger partial charge is 0.337 e. The lowest BCUT2D eigenvalue weighted by molar-refractivity contribution is 0.107. The Labute approximate surface area is 84.1 Å². The highest BCUT2D eigenvalue weighted by Gasteiger charge is 2.26. The number of rotatable bonds is 1. The monoisotopic (exact) mass is 206 g/mol. The summed E-state index contributed by atoms with van der Waals surface area (Å²) in [5.74, 6) is 0. The molecule has 1 aliphatic heterocycles. The Morgan fingerprint density at radius 3 is 2.21 bits per heavy atom. The number of hydrogen-bond donors (Lipinski definition) is 1. The molecule has 1 aromatic carbocycles. The summed E-state index contributed by atoms with van der Waals surface area (Å²) < 4.78 is 9.97. The van der Waals surface area contributed by atoms with Crippen molar-refractivity contribution < 1.29 is 9.35 Å². The zero-order chi connectivity index (χ0) is 10.0. The van der Waals surface area contributed by atoms with Crippen molar-refractivity contribution >= 4 is 15.4 Å². The molecule has 0 saturated carbocycles. The second kappa shape index (κ2) is 3.44. The van der Waals surface area contributed by atoms with Crippen LogP contribution in [-0.4, -0.2) is 9.67 Å². The average Bonchev–Trinajstić information content (AvgIpc) is 2.67. The highest BCUT2D eigenvalue weighted by molar-refractivity contribution is 8.45. The van der Waals surface area contributed by atoms with Crippen molar-refractivity contribution in [3.05, 3.63) is 58.9 Å². The van der Waals surface area contributed by atoms with Crippen LogP contribution in [0.4, 0.5) is 0 Å². The Hall–Kier alpha value is -1.32. The molecule has 0 saturated heterocycles. The van der Waals surface area contributed by atoms with Gasteiger partial charge >= 0.3 is 0 Å². The fourth-order valence-corrected chi connectivity index (χ4v) is 2.77. The van der Waals surface area contributed by atoms with Crippen LogP contribution in [0, 0.1) is 0 Å². The van der Waals surface area contributed by atoms with Crippen LogP contribution in [0.15, 0.2) is 53.3 Å². The van der Waals surface area contributed by atoms with E-state index in [-0.39, 0.29) is 5.12 Å². The van der Waals surface area contributed by atoms with Crippen molar-refractivity contribution in [2.45, 2.75) is 0 Å². The van der Waals surface area contributed by atoms with Gasteiger partial charge in [0, 0.05) is 5.56 Å². The van der Waals surface area contributed by atoms with Gasteiger partial charge in [0.15, 0.2) is 0 Å². The molecule has 1 heterocycles. The number of hydrogen-bond acceptors (Lipinski definition) is 2. The standard InChI is InChI=1S/C11H10O2S/c12-11(10-6-2-1-3-7-10)14(13)8-4-5-9-14/h1-9,13H. The van der Waals surface area contributed by atoms with Crippen molar-refractivity contribution in [3.63, 3.8) is 0 Å². The summed E-state index contributed by atoms with van der Waals surface area (Å²) in [6.07, 6.45) is 3.41. The first-order valence-corrected chi connectivity index (χ1v) is 5.94. The van der Waals surface area contributed by atoms with E-state index in [1.807, 2.05) is 6.07 Å². The van der Waals surface area contributed by atoms with Crippen LogP contribution < -0.4 is 0 Å². The fourth-order valence-electron chi connectivity index (χ4n) is 1.26. The molecule has 0 atom stereocenters. The molecule has 0 amide bonds. The van der Waals surface area contributed by atoms with Crippen LogP contribution in [0.1, 0.15) is 10.4 Å². The van der Waals surface area contributed by atoms with E-state index >= 15 is 0 Å². The van der Waals surface area contributed by atoms with E-state index < -0.39 is 10.3 Å². The summed E-state index contributed by atoms with van der Waals surface area (Å²) in [5.41, 5.74) is 0.557. The summed E-state index contributed by atoms with van der Waals surface area (Å²) in [5, 5.41) is 2.94. The topological polar surface area (TPSA) is 37.3 Å². The molecule has 3 heteroatoms. The van der Waals surface area contributed by atoms with Gasteiger partial charge in [-0.3, -0.25) is 4.79 Å². The first kappa shape index (κ1) is 9.24. The highest BCUT2D eigenvalue weighted by atomic mass is 32.3. The molecule has 0 fully saturated rings. The van der Waals surface area contributed by atoms with Crippen molar-refractivity contribution in [3.8, 4) is 0 Å². The summed E-state index contributed by atoms with van der Waals surface area (Å²) in [7, 11) is -2.34. The van der Waals surface area contributed by atoms with Gasteiger partial charge < -0.3 is 4.55 Å². The van der Waals surface area contributed by atoms with E-state index in [1.54, 1.807) is 47.2 Å². The minimum absolute atomic E-state index is 0.205. The summed E-state index contributed by atoms with van der Waals surface area (Å²) >= 11 is 0. The SMILES string of the molecule is O=C(c1ccccc1)S1(O)C=CC=C1. The first-order valence-electron chi connectivity index (χ1n) is 4.22. The average molecular weight is 206 g/mol. The summed E-state index contributed by atoms with van der Waals surface area (Å²) in [4.78, 5) is 11.9. The predicted octanol–water partition coefficient (Wildman–Crippen LogP) is 3.15. The summed E-state index contributed by atoms with van der Waals surface area (Å²) in [6, 6.07) is 8.86. The number of carbonyl (C=O) groups excluding carboxylic acids is 1. The highest BCUT2D eigenvalue weighted by Crippen LogP contribution is 2.52. The quantitative estimate of drug-likeness (QED) is 0.766. The Morgan fingerprint density at radius 2 is 1.64 bits per heavy atom. The Morgan fingerprint density at radius 1 is 1.07 bits per heavy atom. The summed E-state index contributed by atoms with van der Waals surface area (Å²) in [6.45, 7) is 0. The van der Waals surface area contributed by atoms with Gasteiger partial charge in [0.2, 0.25) is 5.12 Å². The molecule has 0 radical (unpaired) electrons. The third-order valence-corrected chi connectivity index (χ3v) is 3.96. The molecule has 0 aliphatic carbocycles. The van der Waals surface area contributed by atoms with Gasteiger partial charge in [-0.15, -0.1) is 0 Å². The van der Waals surface area contributed by atoms with Gasteiger partial charge in [0.1, 0.15) is 0 Å². The zero-order valence-corrected chi connectivity index (χ0v) is 8.28. The molecule has 1 aliphatic rings.